The van der Waals surface area contributed by atoms with Crippen LogP contribution in [0, 0.1) is 5.41 Å². The van der Waals surface area contributed by atoms with E-state index in [-0.39, 0.29) is 17.6 Å². The summed E-state index contributed by atoms with van der Waals surface area (Å²) < 4.78 is 10.7. The smallest absolute Gasteiger partial charge is 0.137 e. The summed E-state index contributed by atoms with van der Waals surface area (Å²) >= 11 is 0. The lowest BCUT2D eigenvalue weighted by atomic mass is 9.82. The largest absolute Gasteiger partial charge is 0.495 e. The van der Waals surface area contributed by atoms with Crippen LogP contribution < -0.4 is 10.5 Å². The fraction of sp³-hybridized carbons (Fsp3) is 0.615. The van der Waals surface area contributed by atoms with Gasteiger partial charge in [0.25, 0.3) is 0 Å². The summed E-state index contributed by atoms with van der Waals surface area (Å²) in [4.78, 5) is 4.11. The summed E-state index contributed by atoms with van der Waals surface area (Å²) in [5.41, 5.74) is 7.13. The molecule has 0 saturated carbocycles. The highest BCUT2D eigenvalue weighted by Crippen LogP contribution is 2.31. The maximum Gasteiger partial charge on any atom is 0.137 e. The average Bonchev–Trinajstić information content (AvgIpc) is 2.28. The van der Waals surface area contributed by atoms with Gasteiger partial charge in [-0.25, -0.2) is 0 Å². The molecule has 96 valence electrons. The third kappa shape index (κ3) is 3.41. The Kier molecular flexibility index (Phi) is 4.48. The van der Waals surface area contributed by atoms with Crippen molar-refractivity contribution in [2.24, 2.45) is 11.1 Å². The van der Waals surface area contributed by atoms with Crippen LogP contribution in [-0.4, -0.2) is 25.3 Å². The van der Waals surface area contributed by atoms with Crippen LogP contribution in [0.1, 0.15) is 32.4 Å². The van der Waals surface area contributed by atoms with Crippen LogP contribution in [0.5, 0.6) is 5.75 Å². The van der Waals surface area contributed by atoms with Crippen LogP contribution in [0.4, 0.5) is 0 Å². The van der Waals surface area contributed by atoms with Crippen LogP contribution >= 0.6 is 0 Å². The van der Waals surface area contributed by atoms with Crippen molar-refractivity contribution in [3.05, 3.63) is 24.0 Å². The summed E-state index contributed by atoms with van der Waals surface area (Å²) in [6.07, 6.45) is 3.34. The molecule has 4 heteroatoms. The predicted octanol–water partition coefficient (Wildman–Crippen LogP) is 2.15. The van der Waals surface area contributed by atoms with Gasteiger partial charge in [0.05, 0.1) is 25.5 Å². The Bertz CT molecular complexity index is 361. The Labute approximate surface area is 103 Å². The van der Waals surface area contributed by atoms with Gasteiger partial charge in [-0.2, -0.15) is 0 Å². The number of aromatic nitrogens is 1. The van der Waals surface area contributed by atoms with E-state index in [2.05, 4.69) is 25.8 Å². The Morgan fingerprint density at radius 3 is 2.35 bits per heavy atom. The second-order valence-corrected chi connectivity index (χ2v) is 5.21. The van der Waals surface area contributed by atoms with Gasteiger partial charge in [-0.3, -0.25) is 4.98 Å². The first-order valence-corrected chi connectivity index (χ1v) is 5.67. The first-order chi connectivity index (χ1) is 7.90. The van der Waals surface area contributed by atoms with E-state index in [1.165, 1.54) is 0 Å². The van der Waals surface area contributed by atoms with Crippen LogP contribution in [0.2, 0.25) is 0 Å². The lowest BCUT2D eigenvalue weighted by molar-refractivity contribution is -0.00254. The van der Waals surface area contributed by atoms with E-state index in [0.29, 0.717) is 5.75 Å². The maximum absolute atomic E-state index is 6.24. The first kappa shape index (κ1) is 13.9. The second-order valence-electron chi connectivity index (χ2n) is 5.21. The first-order valence-electron chi connectivity index (χ1n) is 5.67. The van der Waals surface area contributed by atoms with Crippen molar-refractivity contribution in [2.45, 2.75) is 32.9 Å². The fourth-order valence-corrected chi connectivity index (χ4v) is 1.94. The van der Waals surface area contributed by atoms with Gasteiger partial charge in [-0.1, -0.05) is 20.8 Å². The molecule has 0 aliphatic rings. The third-order valence-electron chi connectivity index (χ3n) is 2.79. The molecule has 2 atom stereocenters. The number of hydrogen-bond acceptors (Lipinski definition) is 4. The molecule has 0 aliphatic heterocycles. The molecule has 0 radical (unpaired) electrons. The van der Waals surface area contributed by atoms with Crippen LogP contribution in [-0.2, 0) is 4.74 Å². The quantitative estimate of drug-likeness (QED) is 0.873. The second kappa shape index (κ2) is 5.47. The molecule has 0 saturated heterocycles. The molecule has 0 amide bonds. The highest BCUT2D eigenvalue weighted by molar-refractivity contribution is 5.26. The van der Waals surface area contributed by atoms with Gasteiger partial charge < -0.3 is 15.2 Å². The molecule has 0 spiro atoms. The number of methoxy groups -OCH3 is 2. The Hall–Kier alpha value is -1.13. The predicted molar refractivity (Wildman–Crippen MR) is 68.0 cm³/mol. The molecular formula is C13H22N2O2. The zero-order valence-electron chi connectivity index (χ0n) is 11.2. The van der Waals surface area contributed by atoms with Gasteiger partial charge in [0.2, 0.25) is 0 Å². The van der Waals surface area contributed by atoms with Crippen LogP contribution in [0.3, 0.4) is 0 Å². The van der Waals surface area contributed by atoms with Crippen molar-refractivity contribution >= 4 is 0 Å². The Balaban J connectivity index is 2.97. The van der Waals surface area contributed by atoms with Crippen molar-refractivity contribution in [1.82, 2.24) is 4.98 Å². The molecular weight excluding hydrogens is 216 g/mol. The molecule has 2 unspecified atom stereocenters. The zero-order chi connectivity index (χ0) is 13.1. The SMILES string of the molecule is COc1cncc(C(N)C(OC)C(C)(C)C)c1. The number of ether oxygens (including phenoxy) is 2. The van der Waals surface area contributed by atoms with E-state index in [0.717, 1.165) is 5.56 Å². The number of hydrogen-bond donors (Lipinski definition) is 1. The van der Waals surface area contributed by atoms with E-state index < -0.39 is 0 Å². The summed E-state index contributed by atoms with van der Waals surface area (Å²) in [5.74, 6) is 0.710. The number of nitrogens with zero attached hydrogens (tertiary/aromatic N) is 1. The molecule has 0 bridgehead atoms. The monoisotopic (exact) mass is 238 g/mol. The fourth-order valence-electron chi connectivity index (χ4n) is 1.94. The van der Waals surface area contributed by atoms with E-state index in [4.69, 9.17) is 15.2 Å². The lowest BCUT2D eigenvalue weighted by Crippen LogP contribution is -2.38. The molecule has 1 aromatic heterocycles. The Morgan fingerprint density at radius 2 is 1.88 bits per heavy atom. The molecule has 1 heterocycles. The van der Waals surface area contributed by atoms with E-state index in [9.17, 15) is 0 Å². The molecule has 0 aromatic carbocycles. The molecule has 17 heavy (non-hydrogen) atoms. The number of nitrogens with two attached hydrogens (primary N) is 1. The molecule has 1 aromatic rings. The van der Waals surface area contributed by atoms with Crippen molar-refractivity contribution in [3.8, 4) is 5.75 Å². The molecule has 4 nitrogen and oxygen atoms in total. The normalized spacial score (nSPS) is 15.4. The van der Waals surface area contributed by atoms with Gasteiger partial charge in [-0.05, 0) is 17.0 Å². The topological polar surface area (TPSA) is 57.4 Å². The van der Waals surface area contributed by atoms with Gasteiger partial charge >= 0.3 is 0 Å². The van der Waals surface area contributed by atoms with Crippen LogP contribution in [0.25, 0.3) is 0 Å². The lowest BCUT2D eigenvalue weighted by Gasteiger charge is -2.34. The Morgan fingerprint density at radius 1 is 1.24 bits per heavy atom. The van der Waals surface area contributed by atoms with E-state index in [1.54, 1.807) is 26.6 Å². The number of pyridine rings is 1. The summed E-state index contributed by atoms with van der Waals surface area (Å²) in [6.45, 7) is 6.32. The summed E-state index contributed by atoms with van der Waals surface area (Å²) in [5, 5.41) is 0. The summed E-state index contributed by atoms with van der Waals surface area (Å²) in [6, 6.07) is 1.68. The van der Waals surface area contributed by atoms with Gasteiger partial charge in [0, 0.05) is 13.3 Å². The minimum absolute atomic E-state index is 0.0305. The zero-order valence-corrected chi connectivity index (χ0v) is 11.2. The minimum Gasteiger partial charge on any atom is -0.495 e. The standard InChI is InChI=1S/C13H22N2O2/c1-13(2,3)12(17-5)11(14)9-6-10(16-4)8-15-7-9/h6-8,11-12H,14H2,1-5H3. The van der Waals surface area contributed by atoms with Crippen LogP contribution in [0.15, 0.2) is 18.5 Å². The van der Waals surface area contributed by atoms with Crippen molar-refractivity contribution in [2.75, 3.05) is 14.2 Å². The average molecular weight is 238 g/mol. The van der Waals surface area contributed by atoms with Gasteiger partial charge in [0.1, 0.15) is 5.75 Å². The highest BCUT2D eigenvalue weighted by atomic mass is 16.5. The van der Waals surface area contributed by atoms with E-state index in [1.807, 2.05) is 6.07 Å². The minimum atomic E-state index is -0.220. The number of rotatable bonds is 4. The molecule has 2 N–H and O–H groups in total. The van der Waals surface area contributed by atoms with Crippen molar-refractivity contribution in [3.63, 3.8) is 0 Å². The third-order valence-corrected chi connectivity index (χ3v) is 2.79. The van der Waals surface area contributed by atoms with E-state index >= 15 is 0 Å². The van der Waals surface area contributed by atoms with Crippen molar-refractivity contribution in [1.29, 1.82) is 0 Å². The maximum atomic E-state index is 6.24. The molecule has 0 fully saturated rings. The summed E-state index contributed by atoms with van der Waals surface area (Å²) in [7, 11) is 3.30. The van der Waals surface area contributed by atoms with Gasteiger partial charge in [0.15, 0.2) is 0 Å². The molecule has 0 aliphatic carbocycles. The van der Waals surface area contributed by atoms with Gasteiger partial charge in [-0.15, -0.1) is 0 Å². The molecule has 1 rings (SSSR count). The highest BCUT2D eigenvalue weighted by Gasteiger charge is 2.31. The van der Waals surface area contributed by atoms with Crippen molar-refractivity contribution < 1.29 is 9.47 Å².